The van der Waals surface area contributed by atoms with Crippen LogP contribution in [0.25, 0.3) is 11.1 Å². The van der Waals surface area contributed by atoms with Crippen LogP contribution in [0.3, 0.4) is 0 Å². The van der Waals surface area contributed by atoms with Gasteiger partial charge in [-0.25, -0.2) is 12.8 Å². The van der Waals surface area contributed by atoms with Crippen molar-refractivity contribution in [1.29, 1.82) is 0 Å². The molecule has 4 aromatic rings. The average Bonchev–Trinajstić information content (AvgIpc) is 3.23. The summed E-state index contributed by atoms with van der Waals surface area (Å²) in [6.45, 7) is 1.68. The largest absolute Gasteiger partial charge is 0.449 e. The Morgan fingerprint density at radius 2 is 1.73 bits per heavy atom. The topological polar surface area (TPSA) is 72.2 Å². The standard InChI is InChI=1S/C23H19FN2O3S/c1-16-7-8-18(12-21(16)24)19-9-10-20(11-17-5-3-2-4-6-17)22(13-19)30(27,28)26-23-14-29-15-25-23/h2-10,12-15,26H,11H2,1H3. The van der Waals surface area contributed by atoms with Crippen LogP contribution in [0, 0.1) is 12.7 Å². The van der Waals surface area contributed by atoms with E-state index >= 15 is 0 Å². The van der Waals surface area contributed by atoms with E-state index in [4.69, 9.17) is 4.42 Å². The molecule has 1 aromatic heterocycles. The number of aromatic nitrogens is 1. The van der Waals surface area contributed by atoms with Gasteiger partial charge in [0, 0.05) is 0 Å². The molecule has 3 aromatic carbocycles. The van der Waals surface area contributed by atoms with E-state index in [9.17, 15) is 12.8 Å². The van der Waals surface area contributed by atoms with E-state index in [2.05, 4.69) is 9.71 Å². The van der Waals surface area contributed by atoms with Crippen LogP contribution in [-0.4, -0.2) is 13.4 Å². The summed E-state index contributed by atoms with van der Waals surface area (Å²) in [5.74, 6) is -0.251. The van der Waals surface area contributed by atoms with Crippen molar-refractivity contribution in [2.75, 3.05) is 4.72 Å². The molecule has 0 unspecified atom stereocenters. The molecule has 7 heteroatoms. The molecule has 0 saturated heterocycles. The van der Waals surface area contributed by atoms with Crippen LogP contribution in [0.1, 0.15) is 16.7 Å². The first-order valence-electron chi connectivity index (χ1n) is 9.27. The molecule has 0 amide bonds. The Morgan fingerprint density at radius 1 is 1.00 bits per heavy atom. The van der Waals surface area contributed by atoms with Gasteiger partial charge in [-0.15, -0.1) is 0 Å². The number of nitrogens with zero attached hydrogens (tertiary/aromatic N) is 1. The smallest absolute Gasteiger partial charge is 0.263 e. The molecular formula is C23H19FN2O3S. The van der Waals surface area contributed by atoms with Gasteiger partial charge in [-0.1, -0.05) is 54.6 Å². The quantitative estimate of drug-likeness (QED) is 0.465. The number of benzene rings is 3. The van der Waals surface area contributed by atoms with Gasteiger partial charge in [0.25, 0.3) is 10.0 Å². The van der Waals surface area contributed by atoms with Gasteiger partial charge in [-0.05, 0) is 53.3 Å². The molecule has 30 heavy (non-hydrogen) atoms. The first-order chi connectivity index (χ1) is 14.4. The molecule has 0 aliphatic rings. The highest BCUT2D eigenvalue weighted by Gasteiger charge is 2.21. The fraction of sp³-hybridized carbons (Fsp3) is 0.0870. The lowest BCUT2D eigenvalue weighted by atomic mass is 9.99. The van der Waals surface area contributed by atoms with Crippen LogP contribution in [0.5, 0.6) is 0 Å². The van der Waals surface area contributed by atoms with Crippen LogP contribution >= 0.6 is 0 Å². The third kappa shape index (κ3) is 4.26. The van der Waals surface area contributed by atoms with E-state index in [1.54, 1.807) is 37.3 Å². The van der Waals surface area contributed by atoms with Crippen LogP contribution in [-0.2, 0) is 16.4 Å². The molecule has 0 atom stereocenters. The zero-order valence-corrected chi connectivity index (χ0v) is 17.0. The zero-order valence-electron chi connectivity index (χ0n) is 16.2. The summed E-state index contributed by atoms with van der Waals surface area (Å²) in [6.07, 6.45) is 2.79. The van der Waals surface area contributed by atoms with Gasteiger partial charge in [-0.3, -0.25) is 4.72 Å². The Morgan fingerprint density at radius 3 is 2.43 bits per heavy atom. The van der Waals surface area contributed by atoms with Crippen molar-refractivity contribution in [2.45, 2.75) is 18.2 Å². The number of rotatable bonds is 6. The van der Waals surface area contributed by atoms with Crippen LogP contribution in [0.15, 0.2) is 88.7 Å². The first kappa shape index (κ1) is 19.8. The molecule has 0 aliphatic carbocycles. The predicted octanol–water partition coefficient (Wildman–Crippen LogP) is 5.18. The molecule has 0 radical (unpaired) electrons. The molecule has 1 heterocycles. The zero-order chi connectivity index (χ0) is 21.1. The Balaban J connectivity index is 1.80. The Kier molecular flexibility index (Phi) is 5.37. The van der Waals surface area contributed by atoms with Gasteiger partial charge in [0.05, 0.1) is 4.90 Å². The van der Waals surface area contributed by atoms with Crippen molar-refractivity contribution in [3.8, 4) is 11.1 Å². The van der Waals surface area contributed by atoms with Crippen LogP contribution < -0.4 is 4.72 Å². The summed E-state index contributed by atoms with van der Waals surface area (Å²) in [4.78, 5) is 3.94. The van der Waals surface area contributed by atoms with Gasteiger partial charge in [0.2, 0.25) is 0 Å². The summed E-state index contributed by atoms with van der Waals surface area (Å²) in [5.41, 5.74) is 3.33. The van der Waals surface area contributed by atoms with Crippen molar-refractivity contribution in [3.05, 3.63) is 102 Å². The number of hydrogen-bond donors (Lipinski definition) is 1. The van der Waals surface area contributed by atoms with Gasteiger partial charge in [-0.2, -0.15) is 4.98 Å². The van der Waals surface area contributed by atoms with E-state index in [0.29, 0.717) is 28.7 Å². The molecule has 5 nitrogen and oxygen atoms in total. The van der Waals surface area contributed by atoms with E-state index in [-0.39, 0.29) is 16.5 Å². The maximum atomic E-state index is 14.1. The minimum atomic E-state index is -3.95. The number of oxazole rings is 1. The summed E-state index contributed by atoms with van der Waals surface area (Å²) >= 11 is 0. The maximum Gasteiger partial charge on any atom is 0.263 e. The summed E-state index contributed by atoms with van der Waals surface area (Å²) < 4.78 is 47.7. The second kappa shape index (κ2) is 8.12. The lowest BCUT2D eigenvalue weighted by Gasteiger charge is -2.14. The Hall–Kier alpha value is -3.45. The fourth-order valence-electron chi connectivity index (χ4n) is 3.17. The summed E-state index contributed by atoms with van der Waals surface area (Å²) in [7, 11) is -3.95. The predicted molar refractivity (Wildman–Crippen MR) is 113 cm³/mol. The monoisotopic (exact) mass is 422 g/mol. The second-order valence-corrected chi connectivity index (χ2v) is 8.58. The van der Waals surface area contributed by atoms with Crippen molar-refractivity contribution < 1.29 is 17.2 Å². The summed E-state index contributed by atoms with van der Waals surface area (Å²) in [5, 5.41) is 0. The highest BCUT2D eigenvalue weighted by molar-refractivity contribution is 7.92. The summed E-state index contributed by atoms with van der Waals surface area (Å²) in [6, 6.07) is 19.6. The molecule has 1 N–H and O–H groups in total. The fourth-order valence-corrected chi connectivity index (χ4v) is 4.43. The van der Waals surface area contributed by atoms with E-state index in [1.165, 1.54) is 12.3 Å². The number of halogens is 1. The normalized spacial score (nSPS) is 11.4. The van der Waals surface area contributed by atoms with Gasteiger partial charge in [0.1, 0.15) is 12.1 Å². The molecule has 4 rings (SSSR count). The van der Waals surface area contributed by atoms with E-state index in [0.717, 1.165) is 12.0 Å². The number of anilines is 1. The van der Waals surface area contributed by atoms with Crippen LogP contribution in [0.2, 0.25) is 0 Å². The van der Waals surface area contributed by atoms with Crippen LogP contribution in [0.4, 0.5) is 10.2 Å². The van der Waals surface area contributed by atoms with Crippen molar-refractivity contribution in [2.24, 2.45) is 0 Å². The highest BCUT2D eigenvalue weighted by atomic mass is 32.2. The van der Waals surface area contributed by atoms with Gasteiger partial charge in [0.15, 0.2) is 12.2 Å². The lowest BCUT2D eigenvalue weighted by Crippen LogP contribution is -2.15. The molecule has 0 saturated carbocycles. The molecule has 0 fully saturated rings. The number of aryl methyl sites for hydroxylation is 1. The molecule has 152 valence electrons. The van der Waals surface area contributed by atoms with Crippen molar-refractivity contribution >= 4 is 15.8 Å². The van der Waals surface area contributed by atoms with Gasteiger partial charge >= 0.3 is 0 Å². The maximum absolute atomic E-state index is 14.1. The minimum absolute atomic E-state index is 0.0902. The SMILES string of the molecule is Cc1ccc(-c2ccc(Cc3ccccc3)c(S(=O)(=O)Nc3cocn3)c2)cc1F. The second-order valence-electron chi connectivity index (χ2n) is 6.93. The van der Waals surface area contributed by atoms with E-state index < -0.39 is 10.0 Å². The molecule has 0 aliphatic heterocycles. The number of hydrogen-bond acceptors (Lipinski definition) is 4. The Labute approximate surface area is 174 Å². The number of nitrogens with one attached hydrogen (secondary N) is 1. The minimum Gasteiger partial charge on any atom is -0.449 e. The van der Waals surface area contributed by atoms with Crippen molar-refractivity contribution in [3.63, 3.8) is 0 Å². The highest BCUT2D eigenvalue weighted by Crippen LogP contribution is 2.29. The molecule has 0 bridgehead atoms. The third-order valence-electron chi connectivity index (χ3n) is 4.77. The number of sulfonamides is 1. The van der Waals surface area contributed by atoms with E-state index in [1.807, 2.05) is 30.3 Å². The lowest BCUT2D eigenvalue weighted by molar-refractivity contribution is 0.558. The average molecular weight is 422 g/mol. The Bertz CT molecular complexity index is 1270. The molecular weight excluding hydrogens is 403 g/mol. The van der Waals surface area contributed by atoms with Gasteiger partial charge < -0.3 is 4.42 Å². The first-order valence-corrected chi connectivity index (χ1v) is 10.7. The third-order valence-corrected chi connectivity index (χ3v) is 6.21. The van der Waals surface area contributed by atoms with Crippen molar-refractivity contribution in [1.82, 2.24) is 4.98 Å². The molecule has 0 spiro atoms.